The summed E-state index contributed by atoms with van der Waals surface area (Å²) in [5.41, 5.74) is 1.88. The van der Waals surface area contributed by atoms with Crippen molar-refractivity contribution in [2.45, 2.75) is 25.3 Å². The average Bonchev–Trinajstić information content (AvgIpc) is 3.25. The van der Waals surface area contributed by atoms with E-state index in [4.69, 9.17) is 14.0 Å². The molecule has 2 aromatic heterocycles. The van der Waals surface area contributed by atoms with Gasteiger partial charge in [-0.2, -0.15) is 4.98 Å². The average molecular weight is 380 g/mol. The summed E-state index contributed by atoms with van der Waals surface area (Å²) in [5, 5.41) is 4.19. The van der Waals surface area contributed by atoms with E-state index in [-0.39, 0.29) is 0 Å². The van der Waals surface area contributed by atoms with Crippen LogP contribution in [0.2, 0.25) is 0 Å². The lowest BCUT2D eigenvalue weighted by atomic mass is 9.96. The van der Waals surface area contributed by atoms with Crippen LogP contribution in [0.4, 0.5) is 0 Å². The Labute approximate surface area is 164 Å². The number of aromatic nitrogens is 3. The molecular weight excluding hydrogens is 356 g/mol. The fourth-order valence-electron chi connectivity index (χ4n) is 3.57. The van der Waals surface area contributed by atoms with E-state index < -0.39 is 0 Å². The molecule has 0 amide bonds. The van der Waals surface area contributed by atoms with Gasteiger partial charge in [0.25, 0.3) is 5.89 Å². The van der Waals surface area contributed by atoms with Crippen LogP contribution in [-0.4, -0.2) is 47.3 Å². The Hall–Kier alpha value is -2.93. The first-order valence-electron chi connectivity index (χ1n) is 9.45. The van der Waals surface area contributed by atoms with E-state index in [1.54, 1.807) is 20.4 Å². The smallest absolute Gasteiger partial charge is 0.276 e. The fourth-order valence-corrected chi connectivity index (χ4v) is 3.57. The SMILES string of the molecule is COc1ccc(CN2CCC(c3noc(-c4ccccn4)n3)CC2)c(OC)c1. The molecule has 28 heavy (non-hydrogen) atoms. The Bertz CT molecular complexity index is 905. The normalized spacial score (nSPS) is 15.5. The van der Waals surface area contributed by atoms with Gasteiger partial charge in [0.1, 0.15) is 17.2 Å². The second kappa shape index (κ2) is 8.39. The first kappa shape index (κ1) is 18.4. The minimum absolute atomic E-state index is 0.315. The largest absolute Gasteiger partial charge is 0.497 e. The molecule has 1 saturated heterocycles. The number of nitrogens with zero attached hydrogens (tertiary/aromatic N) is 4. The molecule has 0 atom stereocenters. The van der Waals surface area contributed by atoms with Gasteiger partial charge in [-0.1, -0.05) is 17.3 Å². The van der Waals surface area contributed by atoms with Gasteiger partial charge in [0.2, 0.25) is 0 Å². The second-order valence-corrected chi connectivity index (χ2v) is 6.90. The molecule has 0 N–H and O–H groups in total. The maximum absolute atomic E-state index is 5.52. The molecule has 7 heteroatoms. The molecular formula is C21H24N4O3. The molecule has 1 aromatic carbocycles. The first-order chi connectivity index (χ1) is 13.8. The van der Waals surface area contributed by atoms with Gasteiger partial charge in [0, 0.05) is 30.3 Å². The molecule has 0 saturated carbocycles. The molecule has 0 unspecified atom stereocenters. The van der Waals surface area contributed by atoms with Crippen molar-refractivity contribution in [3.05, 3.63) is 54.0 Å². The van der Waals surface area contributed by atoms with E-state index in [1.165, 1.54) is 5.56 Å². The number of piperidine rings is 1. The third-order valence-corrected chi connectivity index (χ3v) is 5.17. The van der Waals surface area contributed by atoms with E-state index in [2.05, 4.69) is 26.1 Å². The van der Waals surface area contributed by atoms with Crippen molar-refractivity contribution in [1.29, 1.82) is 0 Å². The third kappa shape index (κ3) is 3.99. The Morgan fingerprint density at radius 2 is 1.96 bits per heavy atom. The molecule has 0 bridgehead atoms. The minimum Gasteiger partial charge on any atom is -0.497 e. The maximum Gasteiger partial charge on any atom is 0.276 e. The van der Waals surface area contributed by atoms with Crippen LogP contribution in [0.5, 0.6) is 11.5 Å². The Kier molecular flexibility index (Phi) is 5.53. The zero-order valence-corrected chi connectivity index (χ0v) is 16.2. The van der Waals surface area contributed by atoms with Crippen molar-refractivity contribution < 1.29 is 14.0 Å². The van der Waals surface area contributed by atoms with Crippen LogP contribution in [-0.2, 0) is 6.54 Å². The number of pyridine rings is 1. The zero-order valence-electron chi connectivity index (χ0n) is 16.2. The fraction of sp³-hybridized carbons (Fsp3) is 0.381. The van der Waals surface area contributed by atoms with Gasteiger partial charge in [-0.25, -0.2) is 0 Å². The standard InChI is InChI=1S/C21H24N4O3/c1-26-17-7-6-16(19(13-17)27-2)14-25-11-8-15(9-12-25)20-23-21(28-24-20)18-5-3-4-10-22-18/h3-7,10,13,15H,8-9,11-12,14H2,1-2H3. The van der Waals surface area contributed by atoms with Gasteiger partial charge >= 0.3 is 0 Å². The molecule has 1 aliphatic rings. The monoisotopic (exact) mass is 380 g/mol. The molecule has 1 aliphatic heterocycles. The van der Waals surface area contributed by atoms with E-state index in [9.17, 15) is 0 Å². The Balaban J connectivity index is 1.37. The van der Waals surface area contributed by atoms with Crippen molar-refractivity contribution in [2.24, 2.45) is 0 Å². The number of benzene rings is 1. The molecule has 7 nitrogen and oxygen atoms in total. The van der Waals surface area contributed by atoms with E-state index in [1.807, 2.05) is 30.3 Å². The lowest BCUT2D eigenvalue weighted by Gasteiger charge is -2.30. The topological polar surface area (TPSA) is 73.5 Å². The summed E-state index contributed by atoms with van der Waals surface area (Å²) in [4.78, 5) is 11.3. The van der Waals surface area contributed by atoms with Crippen LogP contribution in [0.3, 0.4) is 0 Å². The van der Waals surface area contributed by atoms with Crippen LogP contribution in [0.15, 0.2) is 47.1 Å². The first-order valence-corrected chi connectivity index (χ1v) is 9.45. The summed E-state index contributed by atoms with van der Waals surface area (Å²) in [5.74, 6) is 3.25. The minimum atomic E-state index is 0.315. The summed E-state index contributed by atoms with van der Waals surface area (Å²) >= 11 is 0. The quantitative estimate of drug-likeness (QED) is 0.648. The van der Waals surface area contributed by atoms with Crippen molar-refractivity contribution in [2.75, 3.05) is 27.3 Å². The van der Waals surface area contributed by atoms with Crippen LogP contribution in [0, 0.1) is 0 Å². The number of methoxy groups -OCH3 is 2. The summed E-state index contributed by atoms with van der Waals surface area (Å²) < 4.78 is 16.2. The Morgan fingerprint density at radius 3 is 2.68 bits per heavy atom. The maximum atomic E-state index is 5.52. The van der Waals surface area contributed by atoms with Crippen molar-refractivity contribution in [3.8, 4) is 23.1 Å². The lowest BCUT2D eigenvalue weighted by molar-refractivity contribution is 0.198. The molecule has 3 heterocycles. The summed E-state index contributed by atoms with van der Waals surface area (Å²) in [7, 11) is 3.36. The molecule has 4 rings (SSSR count). The van der Waals surface area contributed by atoms with Gasteiger partial charge in [-0.05, 0) is 44.1 Å². The molecule has 0 spiro atoms. The van der Waals surface area contributed by atoms with E-state index >= 15 is 0 Å². The number of hydrogen-bond acceptors (Lipinski definition) is 7. The predicted octanol–water partition coefficient (Wildman–Crippen LogP) is 3.53. The van der Waals surface area contributed by atoms with Crippen LogP contribution in [0.1, 0.15) is 30.1 Å². The predicted molar refractivity (Wildman–Crippen MR) is 104 cm³/mol. The number of likely N-dealkylation sites (tertiary alicyclic amines) is 1. The number of rotatable bonds is 6. The molecule has 3 aromatic rings. The zero-order chi connectivity index (χ0) is 19.3. The molecule has 0 radical (unpaired) electrons. The van der Waals surface area contributed by atoms with E-state index in [0.717, 1.165) is 49.8 Å². The Morgan fingerprint density at radius 1 is 1.11 bits per heavy atom. The van der Waals surface area contributed by atoms with Gasteiger partial charge in [0.15, 0.2) is 5.82 Å². The van der Waals surface area contributed by atoms with E-state index in [0.29, 0.717) is 17.5 Å². The van der Waals surface area contributed by atoms with Crippen LogP contribution in [0.25, 0.3) is 11.6 Å². The highest BCUT2D eigenvalue weighted by molar-refractivity contribution is 5.45. The highest BCUT2D eigenvalue weighted by Gasteiger charge is 2.25. The van der Waals surface area contributed by atoms with Crippen molar-refractivity contribution in [1.82, 2.24) is 20.0 Å². The highest BCUT2D eigenvalue weighted by Crippen LogP contribution is 2.30. The van der Waals surface area contributed by atoms with Crippen LogP contribution < -0.4 is 9.47 Å². The van der Waals surface area contributed by atoms with Gasteiger partial charge < -0.3 is 14.0 Å². The van der Waals surface area contributed by atoms with Crippen molar-refractivity contribution >= 4 is 0 Å². The summed E-state index contributed by atoms with van der Waals surface area (Å²) in [6.07, 6.45) is 3.73. The third-order valence-electron chi connectivity index (χ3n) is 5.17. The highest BCUT2D eigenvalue weighted by atomic mass is 16.5. The van der Waals surface area contributed by atoms with Crippen molar-refractivity contribution in [3.63, 3.8) is 0 Å². The number of ether oxygens (including phenoxy) is 2. The molecule has 1 fully saturated rings. The number of hydrogen-bond donors (Lipinski definition) is 0. The summed E-state index contributed by atoms with van der Waals surface area (Å²) in [6.45, 7) is 2.81. The van der Waals surface area contributed by atoms with Gasteiger partial charge in [0.05, 0.1) is 14.2 Å². The summed E-state index contributed by atoms with van der Waals surface area (Å²) in [6, 6.07) is 11.6. The lowest BCUT2D eigenvalue weighted by Crippen LogP contribution is -2.32. The van der Waals surface area contributed by atoms with Crippen LogP contribution >= 0.6 is 0 Å². The van der Waals surface area contributed by atoms with Gasteiger partial charge in [-0.3, -0.25) is 9.88 Å². The molecule has 0 aliphatic carbocycles. The second-order valence-electron chi connectivity index (χ2n) is 6.90. The molecule has 146 valence electrons. The van der Waals surface area contributed by atoms with Gasteiger partial charge in [-0.15, -0.1) is 0 Å².